The summed E-state index contributed by atoms with van der Waals surface area (Å²) in [6.07, 6.45) is 0. The molecule has 0 atom stereocenters. The summed E-state index contributed by atoms with van der Waals surface area (Å²) in [5.74, 6) is 1.66. The van der Waals surface area contributed by atoms with Crippen molar-refractivity contribution in [2.24, 2.45) is 0 Å². The summed E-state index contributed by atoms with van der Waals surface area (Å²) >= 11 is 0. The van der Waals surface area contributed by atoms with E-state index in [9.17, 15) is 0 Å². The van der Waals surface area contributed by atoms with E-state index in [0.29, 0.717) is 12.3 Å². The summed E-state index contributed by atoms with van der Waals surface area (Å²) in [6, 6.07) is 11.8. The van der Waals surface area contributed by atoms with Gasteiger partial charge in [-0.3, -0.25) is 0 Å². The van der Waals surface area contributed by atoms with E-state index in [2.05, 4.69) is 29.9 Å². The lowest BCUT2D eigenvalue weighted by atomic mass is 10.1. The van der Waals surface area contributed by atoms with E-state index in [4.69, 9.17) is 10.5 Å². The first kappa shape index (κ1) is 12.5. The van der Waals surface area contributed by atoms with Gasteiger partial charge in [-0.2, -0.15) is 0 Å². The lowest BCUT2D eigenvalue weighted by Gasteiger charge is -2.09. The van der Waals surface area contributed by atoms with Gasteiger partial charge in [0.1, 0.15) is 23.7 Å². The number of ether oxygens (including phenoxy) is 1. The molecule has 0 aliphatic rings. The maximum absolute atomic E-state index is 5.90. The molecule has 0 spiro atoms. The fourth-order valence-electron chi connectivity index (χ4n) is 2.20. The molecule has 4 nitrogen and oxygen atoms in total. The summed E-state index contributed by atoms with van der Waals surface area (Å²) in [7, 11) is 0. The van der Waals surface area contributed by atoms with E-state index in [1.54, 1.807) is 0 Å². The average molecular weight is 267 g/mol. The zero-order valence-corrected chi connectivity index (χ0v) is 11.6. The summed E-state index contributed by atoms with van der Waals surface area (Å²) in [5.41, 5.74) is 10.7. The van der Waals surface area contributed by atoms with Crippen LogP contribution in [0.25, 0.3) is 11.0 Å². The minimum Gasteiger partial charge on any atom is -0.485 e. The minimum absolute atomic E-state index is 0.401. The lowest BCUT2D eigenvalue weighted by molar-refractivity contribution is 0.295. The molecule has 0 radical (unpaired) electrons. The number of benzene rings is 2. The van der Waals surface area contributed by atoms with Gasteiger partial charge in [0.05, 0.1) is 11.2 Å². The van der Waals surface area contributed by atoms with Crippen LogP contribution in [0.1, 0.15) is 17.0 Å². The molecule has 1 heterocycles. The van der Waals surface area contributed by atoms with E-state index in [1.807, 2.05) is 30.3 Å². The monoisotopic (exact) mass is 267 g/mol. The maximum atomic E-state index is 5.90. The number of hydrogen-bond acceptors (Lipinski definition) is 3. The number of aromatic amines is 1. The number of anilines is 1. The van der Waals surface area contributed by atoms with Crippen LogP contribution in [0.2, 0.25) is 0 Å². The number of nitrogen functional groups attached to an aromatic ring is 1. The molecule has 3 rings (SSSR count). The smallest absolute Gasteiger partial charge is 0.146 e. The number of imidazole rings is 1. The molecule has 0 bridgehead atoms. The van der Waals surface area contributed by atoms with Crippen molar-refractivity contribution < 1.29 is 4.74 Å². The van der Waals surface area contributed by atoms with E-state index in [1.165, 1.54) is 5.56 Å². The van der Waals surface area contributed by atoms with Gasteiger partial charge in [0.25, 0.3) is 0 Å². The molecule has 3 aromatic rings. The standard InChI is InChI=1S/C16H17N3O/c1-10-5-3-8-14(11(10)2)20-9-15-18-13-7-4-6-12(17)16(13)19-15/h3-8H,9,17H2,1-2H3,(H,18,19). The van der Waals surface area contributed by atoms with Gasteiger partial charge in [0, 0.05) is 0 Å². The van der Waals surface area contributed by atoms with Gasteiger partial charge in [-0.15, -0.1) is 0 Å². The van der Waals surface area contributed by atoms with Crippen molar-refractivity contribution in [2.45, 2.75) is 20.5 Å². The molecule has 2 aromatic carbocycles. The van der Waals surface area contributed by atoms with Crippen LogP contribution in [0, 0.1) is 13.8 Å². The van der Waals surface area contributed by atoms with Gasteiger partial charge in [-0.1, -0.05) is 18.2 Å². The first-order chi connectivity index (χ1) is 9.65. The number of aromatic nitrogens is 2. The second-order valence-corrected chi connectivity index (χ2v) is 4.91. The second-order valence-electron chi connectivity index (χ2n) is 4.91. The summed E-state index contributed by atoms with van der Waals surface area (Å²) < 4.78 is 5.84. The normalized spacial score (nSPS) is 10.9. The lowest BCUT2D eigenvalue weighted by Crippen LogP contribution is -1.99. The van der Waals surface area contributed by atoms with Gasteiger partial charge in [0.15, 0.2) is 0 Å². The van der Waals surface area contributed by atoms with Crippen molar-refractivity contribution >= 4 is 16.7 Å². The quantitative estimate of drug-likeness (QED) is 0.715. The fraction of sp³-hybridized carbons (Fsp3) is 0.188. The van der Waals surface area contributed by atoms with Gasteiger partial charge < -0.3 is 15.5 Å². The van der Waals surface area contributed by atoms with Crippen molar-refractivity contribution in [1.82, 2.24) is 9.97 Å². The Morgan fingerprint density at radius 1 is 1.15 bits per heavy atom. The van der Waals surface area contributed by atoms with Crippen LogP contribution < -0.4 is 10.5 Å². The van der Waals surface area contributed by atoms with Crippen LogP contribution in [0.4, 0.5) is 5.69 Å². The van der Waals surface area contributed by atoms with Gasteiger partial charge in [-0.05, 0) is 43.2 Å². The minimum atomic E-state index is 0.401. The number of nitrogens with two attached hydrogens (primary N) is 1. The first-order valence-electron chi connectivity index (χ1n) is 6.57. The van der Waals surface area contributed by atoms with E-state index in [-0.39, 0.29) is 0 Å². The SMILES string of the molecule is Cc1cccc(OCc2nc3c(N)cccc3[nH]2)c1C. The zero-order chi connectivity index (χ0) is 14.1. The molecule has 0 fully saturated rings. The molecule has 0 amide bonds. The van der Waals surface area contributed by atoms with E-state index < -0.39 is 0 Å². The third kappa shape index (κ3) is 2.20. The molecular weight excluding hydrogens is 250 g/mol. The molecule has 1 aromatic heterocycles. The van der Waals surface area contributed by atoms with Gasteiger partial charge >= 0.3 is 0 Å². The Morgan fingerprint density at radius 2 is 1.95 bits per heavy atom. The molecule has 0 saturated carbocycles. The number of nitrogens with zero attached hydrogens (tertiary/aromatic N) is 1. The second kappa shape index (κ2) is 4.89. The van der Waals surface area contributed by atoms with Crippen LogP contribution in [-0.4, -0.2) is 9.97 Å². The number of nitrogens with one attached hydrogen (secondary N) is 1. The molecule has 3 N–H and O–H groups in total. The van der Waals surface area contributed by atoms with E-state index >= 15 is 0 Å². The van der Waals surface area contributed by atoms with Crippen molar-refractivity contribution in [1.29, 1.82) is 0 Å². The summed E-state index contributed by atoms with van der Waals surface area (Å²) in [6.45, 7) is 4.53. The van der Waals surface area contributed by atoms with Crippen LogP contribution in [-0.2, 0) is 6.61 Å². The Morgan fingerprint density at radius 3 is 2.75 bits per heavy atom. The van der Waals surface area contributed by atoms with Gasteiger partial charge in [-0.25, -0.2) is 4.98 Å². The molecule has 0 unspecified atom stereocenters. The van der Waals surface area contributed by atoms with Crippen molar-refractivity contribution in [2.75, 3.05) is 5.73 Å². The van der Waals surface area contributed by atoms with E-state index in [0.717, 1.165) is 28.2 Å². The Hall–Kier alpha value is -2.49. The highest BCUT2D eigenvalue weighted by Gasteiger charge is 2.07. The highest BCUT2D eigenvalue weighted by molar-refractivity contribution is 5.86. The molecule has 20 heavy (non-hydrogen) atoms. The number of hydrogen-bond donors (Lipinski definition) is 2. The van der Waals surface area contributed by atoms with Crippen molar-refractivity contribution in [3.05, 3.63) is 53.3 Å². The molecule has 0 saturated heterocycles. The number of aryl methyl sites for hydroxylation is 1. The number of rotatable bonds is 3. The highest BCUT2D eigenvalue weighted by Crippen LogP contribution is 2.22. The van der Waals surface area contributed by atoms with Crippen LogP contribution in [0.3, 0.4) is 0 Å². The van der Waals surface area contributed by atoms with Crippen LogP contribution >= 0.6 is 0 Å². The summed E-state index contributed by atoms with van der Waals surface area (Å²) in [5, 5.41) is 0. The number of para-hydroxylation sites is 1. The molecular formula is C16H17N3O. The topological polar surface area (TPSA) is 63.9 Å². The van der Waals surface area contributed by atoms with Crippen LogP contribution in [0.5, 0.6) is 5.75 Å². The van der Waals surface area contributed by atoms with Crippen molar-refractivity contribution in [3.8, 4) is 5.75 Å². The molecule has 0 aliphatic carbocycles. The Labute approximate surface area is 117 Å². The van der Waals surface area contributed by atoms with Crippen LogP contribution in [0.15, 0.2) is 36.4 Å². The molecule has 0 aliphatic heterocycles. The predicted molar refractivity (Wildman–Crippen MR) is 80.8 cm³/mol. The maximum Gasteiger partial charge on any atom is 0.146 e. The number of H-pyrrole nitrogens is 1. The third-order valence-corrected chi connectivity index (χ3v) is 3.51. The fourth-order valence-corrected chi connectivity index (χ4v) is 2.20. The first-order valence-corrected chi connectivity index (χ1v) is 6.57. The predicted octanol–water partition coefficient (Wildman–Crippen LogP) is 3.34. The third-order valence-electron chi connectivity index (χ3n) is 3.51. The Kier molecular flexibility index (Phi) is 3.06. The molecule has 102 valence electrons. The zero-order valence-electron chi connectivity index (χ0n) is 11.6. The molecule has 4 heteroatoms. The Bertz CT molecular complexity index is 762. The highest BCUT2D eigenvalue weighted by atomic mass is 16.5. The number of fused-ring (bicyclic) bond motifs is 1. The summed E-state index contributed by atoms with van der Waals surface area (Å²) in [4.78, 5) is 7.70. The average Bonchev–Trinajstić information content (AvgIpc) is 2.85. The van der Waals surface area contributed by atoms with Crippen molar-refractivity contribution in [3.63, 3.8) is 0 Å². The largest absolute Gasteiger partial charge is 0.485 e. The Balaban J connectivity index is 1.83. The van der Waals surface area contributed by atoms with Gasteiger partial charge in [0.2, 0.25) is 0 Å².